The van der Waals surface area contributed by atoms with E-state index in [9.17, 15) is 17.6 Å². The fourth-order valence-electron chi connectivity index (χ4n) is 0.829. The predicted octanol–water partition coefficient (Wildman–Crippen LogP) is 1.98. The summed E-state index contributed by atoms with van der Waals surface area (Å²) in [5, 5.41) is 2.09. The molecule has 1 aromatic rings. The van der Waals surface area contributed by atoms with Gasteiger partial charge in [-0.15, -0.1) is 0 Å². The van der Waals surface area contributed by atoms with Crippen LogP contribution in [-0.2, 0) is 0 Å². The zero-order valence-electron chi connectivity index (χ0n) is 7.55. The third kappa shape index (κ3) is 3.26. The van der Waals surface area contributed by atoms with Crippen LogP contribution >= 0.6 is 0 Å². The Kier molecular flexibility index (Phi) is 3.33. The molecule has 0 saturated carbocycles. The van der Waals surface area contributed by atoms with E-state index in [-0.39, 0.29) is 5.82 Å². The normalized spacial score (nSPS) is 11.8. The highest BCUT2D eigenvalue weighted by molar-refractivity contribution is 5.48. The molecule has 0 aromatic carbocycles. The highest BCUT2D eigenvalue weighted by atomic mass is 19.3. The van der Waals surface area contributed by atoms with E-state index >= 15 is 0 Å². The second-order valence-electron chi connectivity index (χ2n) is 2.89. The lowest BCUT2D eigenvalue weighted by Crippen LogP contribution is -2.35. The standard InChI is InChI=1S/C8H9F4N3/c9-7(10)8(11,12)4-15-6-3-5(13)1-2-14-6/h1-3,7H,4H2,(H3,13,14,15). The van der Waals surface area contributed by atoms with Crippen molar-refractivity contribution in [3.63, 3.8) is 0 Å². The van der Waals surface area contributed by atoms with Crippen molar-refractivity contribution < 1.29 is 17.6 Å². The zero-order valence-corrected chi connectivity index (χ0v) is 7.55. The molecule has 0 amide bonds. The molecule has 7 heteroatoms. The van der Waals surface area contributed by atoms with Crippen molar-refractivity contribution in [1.82, 2.24) is 4.98 Å². The first kappa shape index (κ1) is 11.5. The van der Waals surface area contributed by atoms with Crippen LogP contribution in [0.1, 0.15) is 0 Å². The number of nitrogens with two attached hydrogens (primary N) is 1. The highest BCUT2D eigenvalue weighted by Gasteiger charge is 2.40. The molecule has 3 nitrogen and oxygen atoms in total. The minimum atomic E-state index is -4.08. The Morgan fingerprint density at radius 2 is 2.13 bits per heavy atom. The maximum atomic E-state index is 12.5. The van der Waals surface area contributed by atoms with Crippen molar-refractivity contribution in [3.05, 3.63) is 18.3 Å². The average Bonchev–Trinajstić information content (AvgIpc) is 2.15. The van der Waals surface area contributed by atoms with E-state index in [4.69, 9.17) is 5.73 Å². The van der Waals surface area contributed by atoms with Gasteiger partial charge in [-0.25, -0.2) is 13.8 Å². The summed E-state index contributed by atoms with van der Waals surface area (Å²) in [7, 11) is 0. The van der Waals surface area contributed by atoms with Crippen LogP contribution in [0, 0.1) is 0 Å². The molecular formula is C8H9F4N3. The average molecular weight is 223 g/mol. The summed E-state index contributed by atoms with van der Waals surface area (Å²) in [6.07, 6.45) is -2.41. The Balaban J connectivity index is 2.57. The van der Waals surface area contributed by atoms with Gasteiger partial charge in [-0.1, -0.05) is 0 Å². The van der Waals surface area contributed by atoms with Crippen LogP contribution in [0.2, 0.25) is 0 Å². The van der Waals surface area contributed by atoms with E-state index in [0.29, 0.717) is 5.69 Å². The summed E-state index contributed by atoms with van der Waals surface area (Å²) in [5.41, 5.74) is 5.65. The molecule has 84 valence electrons. The van der Waals surface area contributed by atoms with E-state index in [1.54, 1.807) is 0 Å². The Labute approximate surface area is 83.3 Å². The molecule has 3 N–H and O–H groups in total. The molecular weight excluding hydrogens is 214 g/mol. The van der Waals surface area contributed by atoms with Gasteiger partial charge in [0.05, 0.1) is 6.54 Å². The van der Waals surface area contributed by atoms with Gasteiger partial charge in [-0.2, -0.15) is 8.78 Å². The monoisotopic (exact) mass is 223 g/mol. The van der Waals surface area contributed by atoms with Gasteiger partial charge in [-0.3, -0.25) is 0 Å². The molecule has 1 aromatic heterocycles. The molecule has 0 fully saturated rings. The number of nitrogens with zero attached hydrogens (tertiary/aromatic N) is 1. The Hall–Kier alpha value is -1.53. The van der Waals surface area contributed by atoms with Crippen molar-refractivity contribution in [3.8, 4) is 0 Å². The van der Waals surface area contributed by atoms with E-state index in [2.05, 4.69) is 10.3 Å². The van der Waals surface area contributed by atoms with Gasteiger partial charge in [0.15, 0.2) is 0 Å². The zero-order chi connectivity index (χ0) is 11.5. The number of hydrogen-bond donors (Lipinski definition) is 2. The number of anilines is 2. The van der Waals surface area contributed by atoms with E-state index in [0.717, 1.165) is 0 Å². The fraction of sp³-hybridized carbons (Fsp3) is 0.375. The lowest BCUT2D eigenvalue weighted by atomic mass is 10.3. The third-order valence-electron chi connectivity index (χ3n) is 1.61. The topological polar surface area (TPSA) is 50.9 Å². The molecule has 0 aliphatic heterocycles. The summed E-state index contributed by atoms with van der Waals surface area (Å²) in [5.74, 6) is -4.04. The second-order valence-corrected chi connectivity index (χ2v) is 2.89. The van der Waals surface area contributed by atoms with Crippen LogP contribution in [0.25, 0.3) is 0 Å². The number of rotatable bonds is 4. The van der Waals surface area contributed by atoms with Crippen LogP contribution in [0.15, 0.2) is 18.3 Å². The van der Waals surface area contributed by atoms with Crippen molar-refractivity contribution in [2.24, 2.45) is 0 Å². The minimum absolute atomic E-state index is 0.0373. The van der Waals surface area contributed by atoms with Crippen molar-refractivity contribution in [2.45, 2.75) is 12.3 Å². The molecule has 0 spiro atoms. The number of nitrogens with one attached hydrogen (secondary N) is 1. The van der Waals surface area contributed by atoms with Gasteiger partial charge in [-0.05, 0) is 6.07 Å². The molecule has 0 radical (unpaired) electrons. The minimum Gasteiger partial charge on any atom is -0.399 e. The quantitative estimate of drug-likeness (QED) is 0.767. The number of hydrogen-bond acceptors (Lipinski definition) is 3. The molecule has 0 aliphatic carbocycles. The molecule has 1 rings (SSSR count). The van der Waals surface area contributed by atoms with Gasteiger partial charge in [0.1, 0.15) is 5.82 Å². The van der Waals surface area contributed by atoms with Gasteiger partial charge in [0, 0.05) is 18.0 Å². The summed E-state index contributed by atoms with van der Waals surface area (Å²) in [6, 6.07) is 2.73. The van der Waals surface area contributed by atoms with Crippen molar-refractivity contribution >= 4 is 11.5 Å². The maximum Gasteiger partial charge on any atom is 0.324 e. The number of alkyl halides is 4. The number of aromatic nitrogens is 1. The van der Waals surface area contributed by atoms with Crippen LogP contribution in [0.5, 0.6) is 0 Å². The molecule has 0 aliphatic rings. The summed E-state index contributed by atoms with van der Waals surface area (Å²) in [6.45, 7) is -1.18. The maximum absolute atomic E-state index is 12.5. The van der Waals surface area contributed by atoms with E-state index < -0.39 is 18.9 Å². The predicted molar refractivity (Wildman–Crippen MR) is 48.1 cm³/mol. The lowest BCUT2D eigenvalue weighted by Gasteiger charge is -2.16. The fourth-order valence-corrected chi connectivity index (χ4v) is 0.829. The van der Waals surface area contributed by atoms with Crippen LogP contribution in [0.3, 0.4) is 0 Å². The van der Waals surface area contributed by atoms with E-state index in [1.807, 2.05) is 0 Å². The smallest absolute Gasteiger partial charge is 0.324 e. The summed E-state index contributed by atoms with van der Waals surface area (Å²) in [4.78, 5) is 3.63. The van der Waals surface area contributed by atoms with Crippen LogP contribution in [0.4, 0.5) is 29.1 Å². The van der Waals surface area contributed by atoms with Gasteiger partial charge in [0.25, 0.3) is 0 Å². The third-order valence-corrected chi connectivity index (χ3v) is 1.61. The van der Waals surface area contributed by atoms with Crippen molar-refractivity contribution in [1.29, 1.82) is 0 Å². The van der Waals surface area contributed by atoms with Gasteiger partial charge in [0.2, 0.25) is 0 Å². The number of pyridine rings is 1. The lowest BCUT2D eigenvalue weighted by molar-refractivity contribution is -0.117. The Bertz CT molecular complexity index is 329. The SMILES string of the molecule is Nc1ccnc(NCC(F)(F)C(F)F)c1. The number of halogens is 4. The molecule has 0 saturated heterocycles. The summed E-state index contributed by atoms with van der Waals surface area (Å²) < 4.78 is 48.4. The van der Waals surface area contributed by atoms with Gasteiger partial charge >= 0.3 is 12.3 Å². The van der Waals surface area contributed by atoms with E-state index in [1.165, 1.54) is 18.3 Å². The Morgan fingerprint density at radius 1 is 1.47 bits per heavy atom. The summed E-state index contributed by atoms with van der Waals surface area (Å²) >= 11 is 0. The molecule has 0 atom stereocenters. The van der Waals surface area contributed by atoms with Crippen LogP contribution < -0.4 is 11.1 Å². The van der Waals surface area contributed by atoms with Crippen molar-refractivity contribution in [2.75, 3.05) is 17.6 Å². The molecule has 15 heavy (non-hydrogen) atoms. The second kappa shape index (κ2) is 4.33. The molecule has 0 unspecified atom stereocenters. The largest absolute Gasteiger partial charge is 0.399 e. The first-order valence-electron chi connectivity index (χ1n) is 4.03. The first-order valence-corrected chi connectivity index (χ1v) is 4.03. The van der Waals surface area contributed by atoms with Gasteiger partial charge < -0.3 is 11.1 Å². The molecule has 1 heterocycles. The first-order chi connectivity index (χ1) is 6.92. The highest BCUT2D eigenvalue weighted by Crippen LogP contribution is 2.23. The Morgan fingerprint density at radius 3 is 2.67 bits per heavy atom. The molecule has 0 bridgehead atoms. The number of nitrogen functional groups attached to an aromatic ring is 1. The van der Waals surface area contributed by atoms with Crippen LogP contribution in [-0.4, -0.2) is 23.9 Å².